The second-order valence-electron chi connectivity index (χ2n) is 6.19. The third-order valence-electron chi connectivity index (χ3n) is 3.42. The molecule has 0 radical (unpaired) electrons. The standard InChI is InChI=1S/C18H23NO.ClH/c1-18(2,3)17(19)15-9-11-16(12-10-15)20-13-14-7-5-4-6-8-14;/h4-12,17H,13,19H2,1-3H3;1H/t17-;/m0./s1. The molecule has 1 atom stereocenters. The van der Waals surface area contributed by atoms with Crippen molar-refractivity contribution >= 4 is 12.4 Å². The van der Waals surface area contributed by atoms with E-state index >= 15 is 0 Å². The van der Waals surface area contributed by atoms with Gasteiger partial charge >= 0.3 is 0 Å². The van der Waals surface area contributed by atoms with Gasteiger partial charge in [-0.2, -0.15) is 0 Å². The van der Waals surface area contributed by atoms with Gasteiger partial charge < -0.3 is 10.5 Å². The molecule has 0 heterocycles. The van der Waals surface area contributed by atoms with Crippen LogP contribution in [0.2, 0.25) is 0 Å². The van der Waals surface area contributed by atoms with E-state index in [4.69, 9.17) is 10.5 Å². The number of benzene rings is 2. The van der Waals surface area contributed by atoms with Crippen molar-refractivity contribution in [3.63, 3.8) is 0 Å². The van der Waals surface area contributed by atoms with Crippen molar-refractivity contribution in [2.45, 2.75) is 33.4 Å². The average Bonchev–Trinajstić information content (AvgIpc) is 2.45. The summed E-state index contributed by atoms with van der Waals surface area (Å²) in [4.78, 5) is 0. The van der Waals surface area contributed by atoms with Crippen molar-refractivity contribution in [3.8, 4) is 5.75 Å². The second-order valence-corrected chi connectivity index (χ2v) is 6.19. The van der Waals surface area contributed by atoms with Crippen LogP contribution in [0.1, 0.15) is 37.9 Å². The summed E-state index contributed by atoms with van der Waals surface area (Å²) >= 11 is 0. The lowest BCUT2D eigenvalue weighted by Gasteiger charge is -2.27. The monoisotopic (exact) mass is 305 g/mol. The van der Waals surface area contributed by atoms with Crippen molar-refractivity contribution in [3.05, 3.63) is 65.7 Å². The van der Waals surface area contributed by atoms with Gasteiger partial charge in [0.2, 0.25) is 0 Å². The summed E-state index contributed by atoms with van der Waals surface area (Å²) in [7, 11) is 0. The van der Waals surface area contributed by atoms with E-state index in [9.17, 15) is 0 Å². The van der Waals surface area contributed by atoms with E-state index in [0.29, 0.717) is 6.61 Å². The van der Waals surface area contributed by atoms with E-state index in [1.165, 1.54) is 5.56 Å². The molecule has 2 aromatic carbocycles. The Kier molecular flexibility index (Phi) is 6.25. The van der Waals surface area contributed by atoms with E-state index in [2.05, 4.69) is 45.0 Å². The lowest BCUT2D eigenvalue weighted by molar-refractivity contribution is 0.304. The third kappa shape index (κ3) is 5.07. The van der Waals surface area contributed by atoms with Crippen LogP contribution in [-0.2, 0) is 6.61 Å². The Labute approximate surface area is 133 Å². The summed E-state index contributed by atoms with van der Waals surface area (Å²) in [6.45, 7) is 7.04. The fourth-order valence-corrected chi connectivity index (χ4v) is 2.01. The molecular formula is C18H24ClNO. The zero-order valence-corrected chi connectivity index (χ0v) is 13.7. The molecule has 2 N–H and O–H groups in total. The molecule has 0 unspecified atom stereocenters. The number of hydrogen-bond acceptors (Lipinski definition) is 2. The van der Waals surface area contributed by atoms with Crippen LogP contribution in [-0.4, -0.2) is 0 Å². The molecule has 0 aliphatic rings. The van der Waals surface area contributed by atoms with Crippen LogP contribution in [0.15, 0.2) is 54.6 Å². The van der Waals surface area contributed by atoms with E-state index in [-0.39, 0.29) is 23.9 Å². The summed E-state index contributed by atoms with van der Waals surface area (Å²) in [5.74, 6) is 0.874. The Hall–Kier alpha value is -1.51. The first-order valence-corrected chi connectivity index (χ1v) is 6.99. The van der Waals surface area contributed by atoms with Crippen LogP contribution < -0.4 is 10.5 Å². The highest BCUT2D eigenvalue weighted by atomic mass is 35.5. The highest BCUT2D eigenvalue weighted by molar-refractivity contribution is 5.85. The minimum absolute atomic E-state index is 0. The van der Waals surface area contributed by atoms with Gasteiger partial charge in [-0.05, 0) is 28.7 Å². The topological polar surface area (TPSA) is 35.2 Å². The first-order valence-electron chi connectivity index (χ1n) is 6.99. The lowest BCUT2D eigenvalue weighted by atomic mass is 9.83. The van der Waals surface area contributed by atoms with Crippen molar-refractivity contribution in [2.75, 3.05) is 0 Å². The molecule has 114 valence electrons. The predicted octanol–water partition coefficient (Wildman–Crippen LogP) is 4.73. The normalized spacial score (nSPS) is 12.4. The van der Waals surface area contributed by atoms with E-state index in [1.54, 1.807) is 0 Å². The van der Waals surface area contributed by atoms with Crippen LogP contribution in [0.25, 0.3) is 0 Å². The molecule has 0 saturated heterocycles. The van der Waals surface area contributed by atoms with Crippen LogP contribution in [0.4, 0.5) is 0 Å². The maximum Gasteiger partial charge on any atom is 0.119 e. The van der Waals surface area contributed by atoms with E-state index < -0.39 is 0 Å². The molecule has 0 aliphatic heterocycles. The Bertz CT molecular complexity index is 531. The van der Waals surface area contributed by atoms with Crippen molar-refractivity contribution in [1.29, 1.82) is 0 Å². The van der Waals surface area contributed by atoms with Gasteiger partial charge in [0.25, 0.3) is 0 Å². The predicted molar refractivity (Wildman–Crippen MR) is 90.8 cm³/mol. The van der Waals surface area contributed by atoms with E-state index in [0.717, 1.165) is 11.3 Å². The number of hydrogen-bond donors (Lipinski definition) is 1. The Morgan fingerprint density at radius 1 is 0.952 bits per heavy atom. The van der Waals surface area contributed by atoms with Crippen molar-refractivity contribution in [2.24, 2.45) is 11.1 Å². The van der Waals surface area contributed by atoms with Gasteiger partial charge in [-0.1, -0.05) is 63.2 Å². The molecule has 2 nitrogen and oxygen atoms in total. The highest BCUT2D eigenvalue weighted by Gasteiger charge is 2.21. The molecule has 0 bridgehead atoms. The van der Waals surface area contributed by atoms with Crippen LogP contribution >= 0.6 is 12.4 Å². The van der Waals surface area contributed by atoms with Gasteiger partial charge in [0.1, 0.15) is 12.4 Å². The van der Waals surface area contributed by atoms with Crippen LogP contribution in [0.3, 0.4) is 0 Å². The van der Waals surface area contributed by atoms with Gasteiger partial charge in [0, 0.05) is 6.04 Å². The third-order valence-corrected chi connectivity index (χ3v) is 3.42. The molecule has 0 fully saturated rings. The fraction of sp³-hybridized carbons (Fsp3) is 0.333. The van der Waals surface area contributed by atoms with Crippen LogP contribution in [0.5, 0.6) is 5.75 Å². The van der Waals surface area contributed by atoms with E-state index in [1.807, 2.05) is 30.3 Å². The van der Waals surface area contributed by atoms with Gasteiger partial charge in [0.05, 0.1) is 0 Å². The molecule has 3 heteroatoms. The quantitative estimate of drug-likeness (QED) is 0.886. The zero-order chi connectivity index (χ0) is 14.6. The van der Waals surface area contributed by atoms with Gasteiger partial charge in [-0.25, -0.2) is 0 Å². The fourth-order valence-electron chi connectivity index (χ4n) is 2.01. The number of nitrogens with two attached hydrogens (primary N) is 1. The SMILES string of the molecule is CC(C)(C)[C@@H](N)c1ccc(OCc2ccccc2)cc1.Cl. The second kappa shape index (κ2) is 7.48. The summed E-state index contributed by atoms with van der Waals surface area (Å²) in [6.07, 6.45) is 0. The summed E-state index contributed by atoms with van der Waals surface area (Å²) in [6, 6.07) is 18.3. The molecule has 0 saturated carbocycles. The van der Waals surface area contributed by atoms with Gasteiger partial charge in [-0.3, -0.25) is 0 Å². The molecule has 21 heavy (non-hydrogen) atoms. The van der Waals surface area contributed by atoms with Gasteiger partial charge in [0.15, 0.2) is 0 Å². The highest BCUT2D eigenvalue weighted by Crippen LogP contribution is 2.31. The van der Waals surface area contributed by atoms with Crippen LogP contribution in [0, 0.1) is 5.41 Å². The molecule has 2 rings (SSSR count). The Morgan fingerprint density at radius 3 is 2.05 bits per heavy atom. The summed E-state index contributed by atoms with van der Waals surface area (Å²) in [5.41, 5.74) is 8.62. The molecule has 0 aliphatic carbocycles. The Balaban J connectivity index is 0.00000220. The van der Waals surface area contributed by atoms with Gasteiger partial charge in [-0.15, -0.1) is 12.4 Å². The molecular weight excluding hydrogens is 282 g/mol. The zero-order valence-electron chi connectivity index (χ0n) is 12.9. The average molecular weight is 306 g/mol. The summed E-state index contributed by atoms with van der Waals surface area (Å²) in [5, 5.41) is 0. The number of ether oxygens (including phenoxy) is 1. The number of halogens is 1. The minimum atomic E-state index is 0. The Morgan fingerprint density at radius 2 is 1.52 bits per heavy atom. The molecule has 2 aromatic rings. The number of rotatable bonds is 4. The largest absolute Gasteiger partial charge is 0.489 e. The maximum atomic E-state index is 6.25. The maximum absolute atomic E-state index is 6.25. The smallest absolute Gasteiger partial charge is 0.119 e. The first-order chi connectivity index (χ1) is 9.47. The first kappa shape index (κ1) is 17.5. The van der Waals surface area contributed by atoms with Crippen molar-refractivity contribution in [1.82, 2.24) is 0 Å². The molecule has 0 amide bonds. The minimum Gasteiger partial charge on any atom is -0.489 e. The molecule has 0 spiro atoms. The molecule has 0 aromatic heterocycles. The van der Waals surface area contributed by atoms with Crippen molar-refractivity contribution < 1.29 is 4.74 Å². The lowest BCUT2D eigenvalue weighted by Crippen LogP contribution is -2.26. The summed E-state index contributed by atoms with van der Waals surface area (Å²) < 4.78 is 5.77.